The second-order valence-electron chi connectivity index (χ2n) is 4.78. The van der Waals surface area contributed by atoms with Crippen molar-refractivity contribution in [3.05, 3.63) is 29.3 Å². The number of piperidine rings is 1. The lowest BCUT2D eigenvalue weighted by molar-refractivity contribution is -0.137. The molecule has 0 amide bonds. The molecule has 0 aromatic heterocycles. The number of rotatable bonds is 3. The van der Waals surface area contributed by atoms with Crippen LogP contribution in [-0.4, -0.2) is 23.1 Å². The molecular weight excluding hydrogens is 287 g/mol. The highest BCUT2D eigenvalue weighted by atomic mass is 32.1. The Balaban J connectivity index is 2.25. The maximum absolute atomic E-state index is 12.7. The van der Waals surface area contributed by atoms with Crippen molar-refractivity contribution in [2.45, 2.75) is 25.4 Å². The van der Waals surface area contributed by atoms with Gasteiger partial charge in [-0.2, -0.15) is 13.2 Å². The molecule has 2 rings (SSSR count). The molecule has 0 atom stereocenters. The zero-order chi connectivity index (χ0) is 14.8. The molecule has 1 heterocycles. The van der Waals surface area contributed by atoms with Gasteiger partial charge in [0.15, 0.2) is 0 Å². The first-order valence-electron chi connectivity index (χ1n) is 6.40. The van der Waals surface area contributed by atoms with Gasteiger partial charge in [0, 0.05) is 18.7 Å². The first-order valence-corrected chi connectivity index (χ1v) is 6.81. The number of nitrogens with one attached hydrogen (secondary N) is 1. The van der Waals surface area contributed by atoms with Crippen molar-refractivity contribution in [2.24, 2.45) is 5.73 Å². The van der Waals surface area contributed by atoms with E-state index in [4.69, 9.17) is 18.0 Å². The van der Waals surface area contributed by atoms with E-state index in [-0.39, 0.29) is 10.6 Å². The molecule has 0 spiro atoms. The Morgan fingerprint density at radius 3 is 2.40 bits per heavy atom. The molecule has 1 aromatic carbocycles. The van der Waals surface area contributed by atoms with Gasteiger partial charge in [0.05, 0.1) is 11.3 Å². The van der Waals surface area contributed by atoms with E-state index in [1.165, 1.54) is 12.5 Å². The minimum atomic E-state index is -4.40. The molecule has 3 nitrogen and oxygen atoms in total. The molecule has 7 heteroatoms. The number of alkyl halides is 3. The second-order valence-corrected chi connectivity index (χ2v) is 5.22. The van der Waals surface area contributed by atoms with Gasteiger partial charge in [-0.15, -0.1) is 0 Å². The van der Waals surface area contributed by atoms with Crippen LogP contribution in [0.2, 0.25) is 0 Å². The van der Waals surface area contributed by atoms with Crippen LogP contribution in [0.15, 0.2) is 18.2 Å². The molecule has 0 unspecified atom stereocenters. The van der Waals surface area contributed by atoms with E-state index in [1.54, 1.807) is 0 Å². The van der Waals surface area contributed by atoms with Crippen molar-refractivity contribution in [3.8, 4) is 0 Å². The summed E-state index contributed by atoms with van der Waals surface area (Å²) in [7, 11) is 0. The predicted molar refractivity (Wildman–Crippen MR) is 76.4 cm³/mol. The zero-order valence-electron chi connectivity index (χ0n) is 10.8. The van der Waals surface area contributed by atoms with Gasteiger partial charge >= 0.3 is 6.18 Å². The van der Waals surface area contributed by atoms with Crippen molar-refractivity contribution < 1.29 is 13.2 Å². The normalized spacial score (nSPS) is 16.9. The van der Waals surface area contributed by atoms with Crippen LogP contribution in [0.25, 0.3) is 0 Å². The quantitative estimate of drug-likeness (QED) is 0.842. The summed E-state index contributed by atoms with van der Waals surface area (Å²) in [5, 5.41) is 1.98. The molecule has 0 saturated carbocycles. The number of benzene rings is 1. The number of nitrogens with two attached hydrogens (primary N) is 1. The first-order chi connectivity index (χ1) is 9.38. The van der Waals surface area contributed by atoms with Crippen molar-refractivity contribution in [2.75, 3.05) is 18.5 Å². The third kappa shape index (κ3) is 3.61. The summed E-state index contributed by atoms with van der Waals surface area (Å²) in [6.45, 7) is 1.72. The fourth-order valence-electron chi connectivity index (χ4n) is 2.20. The van der Waals surface area contributed by atoms with Gasteiger partial charge in [0.25, 0.3) is 0 Å². The zero-order valence-corrected chi connectivity index (χ0v) is 11.7. The van der Waals surface area contributed by atoms with Crippen LogP contribution in [0.3, 0.4) is 0 Å². The Morgan fingerprint density at radius 1 is 1.20 bits per heavy atom. The molecule has 1 aromatic rings. The lowest BCUT2D eigenvalue weighted by Crippen LogP contribution is -2.35. The van der Waals surface area contributed by atoms with Crippen molar-refractivity contribution in [3.63, 3.8) is 0 Å². The van der Waals surface area contributed by atoms with E-state index in [2.05, 4.69) is 5.43 Å². The SMILES string of the molecule is NC(=S)c1cc(C(F)(F)F)ccc1NN1CCCCC1. The minimum absolute atomic E-state index is 0.0457. The molecule has 1 aliphatic heterocycles. The van der Waals surface area contributed by atoms with E-state index in [0.29, 0.717) is 5.69 Å². The largest absolute Gasteiger partial charge is 0.416 e. The van der Waals surface area contributed by atoms with Gasteiger partial charge in [-0.25, -0.2) is 5.01 Å². The van der Waals surface area contributed by atoms with Crippen LogP contribution in [0, 0.1) is 0 Å². The Kier molecular flexibility index (Phi) is 4.49. The summed E-state index contributed by atoms with van der Waals surface area (Å²) in [4.78, 5) is -0.0457. The lowest BCUT2D eigenvalue weighted by Gasteiger charge is -2.29. The summed E-state index contributed by atoms with van der Waals surface area (Å²) < 4.78 is 38.1. The number of anilines is 1. The predicted octanol–water partition coefficient (Wildman–Crippen LogP) is 3.15. The highest BCUT2D eigenvalue weighted by Gasteiger charge is 2.31. The molecule has 0 radical (unpaired) electrons. The fourth-order valence-corrected chi connectivity index (χ4v) is 2.37. The van der Waals surface area contributed by atoms with Crippen LogP contribution in [0.5, 0.6) is 0 Å². The standard InChI is InChI=1S/C13H16F3N3S/c14-13(15,16)9-4-5-11(10(8-9)12(17)20)18-19-6-2-1-3-7-19/h4-5,8,18H,1-3,6-7H2,(H2,17,20). The monoisotopic (exact) mass is 303 g/mol. The van der Waals surface area contributed by atoms with Crippen LogP contribution in [-0.2, 0) is 6.18 Å². The summed E-state index contributed by atoms with van der Waals surface area (Å²) in [6, 6.07) is 3.41. The molecule has 1 aliphatic rings. The number of hydrogen-bond donors (Lipinski definition) is 2. The molecular formula is C13H16F3N3S. The number of thiocarbonyl (C=S) groups is 1. The number of halogens is 3. The second kappa shape index (κ2) is 5.97. The van der Waals surface area contributed by atoms with Gasteiger partial charge in [-0.1, -0.05) is 18.6 Å². The summed E-state index contributed by atoms with van der Waals surface area (Å²) >= 11 is 4.85. The number of nitrogens with zero attached hydrogens (tertiary/aromatic N) is 1. The van der Waals surface area contributed by atoms with Crippen molar-refractivity contribution in [1.29, 1.82) is 0 Å². The Bertz CT molecular complexity index is 496. The topological polar surface area (TPSA) is 41.3 Å². The van der Waals surface area contributed by atoms with E-state index in [1.807, 2.05) is 5.01 Å². The summed E-state index contributed by atoms with van der Waals surface area (Å²) in [5.74, 6) is 0. The minimum Gasteiger partial charge on any atom is -0.389 e. The average molecular weight is 303 g/mol. The van der Waals surface area contributed by atoms with Crippen LogP contribution in [0.4, 0.5) is 18.9 Å². The molecule has 0 aliphatic carbocycles. The van der Waals surface area contributed by atoms with Crippen LogP contribution in [0.1, 0.15) is 30.4 Å². The molecule has 3 N–H and O–H groups in total. The first kappa shape index (κ1) is 15.1. The third-order valence-electron chi connectivity index (χ3n) is 3.25. The van der Waals surface area contributed by atoms with E-state index >= 15 is 0 Å². The average Bonchev–Trinajstić information content (AvgIpc) is 2.38. The maximum Gasteiger partial charge on any atom is 0.416 e. The van der Waals surface area contributed by atoms with Crippen molar-refractivity contribution in [1.82, 2.24) is 5.01 Å². The van der Waals surface area contributed by atoms with Crippen LogP contribution >= 0.6 is 12.2 Å². The highest BCUT2D eigenvalue weighted by molar-refractivity contribution is 7.80. The summed E-state index contributed by atoms with van der Waals surface area (Å²) in [5.41, 5.74) is 8.64. The number of hydrazine groups is 1. The van der Waals surface area contributed by atoms with Gasteiger partial charge in [0.2, 0.25) is 0 Å². The summed E-state index contributed by atoms with van der Waals surface area (Å²) in [6.07, 6.45) is -1.09. The van der Waals surface area contributed by atoms with Gasteiger partial charge in [-0.3, -0.25) is 0 Å². The van der Waals surface area contributed by atoms with E-state index < -0.39 is 11.7 Å². The smallest absolute Gasteiger partial charge is 0.389 e. The van der Waals surface area contributed by atoms with E-state index in [0.717, 1.165) is 38.1 Å². The molecule has 1 saturated heterocycles. The Hall–Kier alpha value is -1.34. The number of hydrogen-bond acceptors (Lipinski definition) is 3. The van der Waals surface area contributed by atoms with Crippen molar-refractivity contribution >= 4 is 22.9 Å². The molecule has 110 valence electrons. The van der Waals surface area contributed by atoms with Gasteiger partial charge in [0.1, 0.15) is 4.99 Å². The van der Waals surface area contributed by atoms with Crippen LogP contribution < -0.4 is 11.2 Å². The van der Waals surface area contributed by atoms with Gasteiger partial charge < -0.3 is 11.2 Å². The van der Waals surface area contributed by atoms with E-state index in [9.17, 15) is 13.2 Å². The molecule has 20 heavy (non-hydrogen) atoms. The highest BCUT2D eigenvalue weighted by Crippen LogP contribution is 2.32. The Morgan fingerprint density at radius 2 is 1.85 bits per heavy atom. The maximum atomic E-state index is 12.7. The Labute approximate surface area is 120 Å². The third-order valence-corrected chi connectivity index (χ3v) is 3.47. The molecule has 1 fully saturated rings. The lowest BCUT2D eigenvalue weighted by atomic mass is 10.1. The molecule has 0 bridgehead atoms. The fraction of sp³-hybridized carbons (Fsp3) is 0.462. The van der Waals surface area contributed by atoms with Gasteiger partial charge in [-0.05, 0) is 31.0 Å².